The van der Waals surface area contributed by atoms with E-state index in [1.807, 2.05) is 0 Å². The lowest BCUT2D eigenvalue weighted by atomic mass is 10.2. The van der Waals surface area contributed by atoms with Crippen LogP contribution in [-0.2, 0) is 0 Å². The number of hydrogen-bond acceptors (Lipinski definition) is 8. The summed E-state index contributed by atoms with van der Waals surface area (Å²) in [6.45, 7) is 0.164. The predicted octanol–water partition coefficient (Wildman–Crippen LogP) is 1.92. The van der Waals surface area contributed by atoms with Crippen LogP contribution in [0.3, 0.4) is 0 Å². The molecule has 1 aliphatic rings. The lowest BCUT2D eigenvalue weighted by Crippen LogP contribution is -2.14. The molecule has 22 heavy (non-hydrogen) atoms. The Morgan fingerprint density at radius 1 is 1.27 bits per heavy atom. The van der Waals surface area contributed by atoms with E-state index in [4.69, 9.17) is 9.47 Å². The van der Waals surface area contributed by atoms with E-state index in [1.54, 1.807) is 37.2 Å². The quantitative estimate of drug-likeness (QED) is 0.675. The fourth-order valence-electron chi connectivity index (χ4n) is 2.07. The van der Waals surface area contributed by atoms with Gasteiger partial charge >= 0.3 is 5.69 Å². The second-order valence-electron chi connectivity index (χ2n) is 4.74. The molecule has 0 unspecified atom stereocenters. The summed E-state index contributed by atoms with van der Waals surface area (Å²) >= 11 is 0. The van der Waals surface area contributed by atoms with Gasteiger partial charge in [-0.25, -0.2) is 9.97 Å². The van der Waals surface area contributed by atoms with Crippen molar-refractivity contribution in [2.45, 2.75) is 0 Å². The van der Waals surface area contributed by atoms with E-state index >= 15 is 0 Å². The zero-order chi connectivity index (χ0) is 15.7. The first-order valence-corrected chi connectivity index (χ1v) is 6.39. The smallest absolute Gasteiger partial charge is 0.353 e. The van der Waals surface area contributed by atoms with E-state index < -0.39 is 4.92 Å². The molecule has 1 aromatic heterocycles. The van der Waals surface area contributed by atoms with Gasteiger partial charge in [0.25, 0.3) is 0 Å². The molecule has 0 bridgehead atoms. The van der Waals surface area contributed by atoms with Crippen LogP contribution in [0.1, 0.15) is 0 Å². The number of aromatic nitrogens is 2. The molecule has 9 nitrogen and oxygen atoms in total. The van der Waals surface area contributed by atoms with Crippen molar-refractivity contribution in [3.8, 4) is 11.5 Å². The molecule has 0 amide bonds. The van der Waals surface area contributed by atoms with Gasteiger partial charge in [0.05, 0.1) is 4.92 Å². The Kier molecular flexibility index (Phi) is 3.37. The molecule has 9 heteroatoms. The van der Waals surface area contributed by atoms with Crippen LogP contribution in [0.2, 0.25) is 0 Å². The highest BCUT2D eigenvalue weighted by atomic mass is 16.7. The standard InChI is InChI=1S/C13H13N5O4/c1-17(2)13-11(18(19)20)12(14-6-15-13)16-8-3-4-9-10(5-8)22-7-21-9/h3-6H,7H2,1-2H3,(H,14,15,16). The number of fused-ring (bicyclic) bond motifs is 1. The van der Waals surface area contributed by atoms with E-state index in [9.17, 15) is 10.1 Å². The van der Waals surface area contributed by atoms with Crippen molar-refractivity contribution in [2.24, 2.45) is 0 Å². The van der Waals surface area contributed by atoms with Crippen molar-refractivity contribution in [3.63, 3.8) is 0 Å². The predicted molar refractivity (Wildman–Crippen MR) is 78.9 cm³/mol. The number of nitrogens with zero attached hydrogens (tertiary/aromatic N) is 4. The summed E-state index contributed by atoms with van der Waals surface area (Å²) in [6, 6.07) is 5.16. The van der Waals surface area contributed by atoms with Gasteiger partial charge in [-0.2, -0.15) is 0 Å². The summed E-state index contributed by atoms with van der Waals surface area (Å²) in [6.07, 6.45) is 1.28. The molecule has 2 heterocycles. The summed E-state index contributed by atoms with van der Waals surface area (Å²) in [5, 5.41) is 14.3. The van der Waals surface area contributed by atoms with Gasteiger partial charge in [0.2, 0.25) is 18.4 Å². The van der Waals surface area contributed by atoms with Crippen LogP contribution in [0.5, 0.6) is 11.5 Å². The third kappa shape index (κ3) is 2.43. The number of nitrogens with one attached hydrogen (secondary N) is 1. The van der Waals surface area contributed by atoms with Gasteiger partial charge in [0, 0.05) is 25.8 Å². The molecule has 0 fully saturated rings. The van der Waals surface area contributed by atoms with Crippen molar-refractivity contribution in [3.05, 3.63) is 34.6 Å². The summed E-state index contributed by atoms with van der Waals surface area (Å²) in [5.41, 5.74) is 0.418. The largest absolute Gasteiger partial charge is 0.454 e. The van der Waals surface area contributed by atoms with E-state index in [2.05, 4.69) is 15.3 Å². The molecule has 114 valence electrons. The van der Waals surface area contributed by atoms with Crippen molar-refractivity contribution in [2.75, 3.05) is 31.1 Å². The van der Waals surface area contributed by atoms with E-state index in [-0.39, 0.29) is 24.1 Å². The third-order valence-electron chi connectivity index (χ3n) is 3.04. The number of nitro groups is 1. The number of hydrogen-bond donors (Lipinski definition) is 1. The van der Waals surface area contributed by atoms with Crippen LogP contribution < -0.4 is 19.7 Å². The molecule has 0 aliphatic carbocycles. The second-order valence-corrected chi connectivity index (χ2v) is 4.74. The molecule has 1 aliphatic heterocycles. The summed E-state index contributed by atoms with van der Waals surface area (Å²) < 4.78 is 10.5. The van der Waals surface area contributed by atoms with Crippen LogP contribution in [0.15, 0.2) is 24.5 Å². The molecule has 1 aromatic carbocycles. The lowest BCUT2D eigenvalue weighted by molar-refractivity contribution is -0.383. The van der Waals surface area contributed by atoms with E-state index in [1.165, 1.54) is 6.33 Å². The van der Waals surface area contributed by atoms with Gasteiger partial charge < -0.3 is 19.7 Å². The third-order valence-corrected chi connectivity index (χ3v) is 3.04. The fraction of sp³-hybridized carbons (Fsp3) is 0.231. The van der Waals surface area contributed by atoms with Gasteiger partial charge in [-0.3, -0.25) is 10.1 Å². The molecule has 3 rings (SSSR count). The van der Waals surface area contributed by atoms with E-state index in [0.29, 0.717) is 17.2 Å². The zero-order valence-electron chi connectivity index (χ0n) is 11.9. The number of benzene rings is 1. The van der Waals surface area contributed by atoms with Crippen LogP contribution in [0.4, 0.5) is 23.0 Å². The van der Waals surface area contributed by atoms with Crippen LogP contribution in [0.25, 0.3) is 0 Å². The lowest BCUT2D eigenvalue weighted by Gasteiger charge is -2.13. The van der Waals surface area contributed by atoms with Gasteiger partial charge in [0.15, 0.2) is 11.5 Å². The minimum Gasteiger partial charge on any atom is -0.454 e. The molecular formula is C13H13N5O4. The molecule has 2 aromatic rings. The molecule has 0 spiro atoms. The number of ether oxygens (including phenoxy) is 2. The summed E-state index contributed by atoms with van der Waals surface area (Å²) in [7, 11) is 3.36. The maximum absolute atomic E-state index is 11.3. The van der Waals surface area contributed by atoms with Crippen molar-refractivity contribution in [1.82, 2.24) is 9.97 Å². The molecule has 0 saturated carbocycles. The highest BCUT2D eigenvalue weighted by molar-refractivity contribution is 5.74. The Hall–Kier alpha value is -3.10. The van der Waals surface area contributed by atoms with Crippen molar-refractivity contribution >= 4 is 23.0 Å². The highest BCUT2D eigenvalue weighted by Crippen LogP contribution is 2.37. The van der Waals surface area contributed by atoms with E-state index in [0.717, 1.165) is 0 Å². The fourth-order valence-corrected chi connectivity index (χ4v) is 2.07. The molecule has 0 radical (unpaired) electrons. The first kappa shape index (κ1) is 13.9. The first-order chi connectivity index (χ1) is 10.6. The summed E-state index contributed by atoms with van der Waals surface area (Å²) in [5.74, 6) is 1.55. The van der Waals surface area contributed by atoms with Crippen LogP contribution in [-0.4, -0.2) is 35.8 Å². The maximum atomic E-state index is 11.3. The topological polar surface area (TPSA) is 103 Å². The minimum atomic E-state index is -0.509. The van der Waals surface area contributed by atoms with Crippen LogP contribution >= 0.6 is 0 Å². The molecular weight excluding hydrogens is 290 g/mol. The number of anilines is 3. The minimum absolute atomic E-state index is 0.113. The molecule has 0 saturated heterocycles. The Balaban J connectivity index is 1.98. The summed E-state index contributed by atoms with van der Waals surface area (Å²) in [4.78, 5) is 20.3. The average molecular weight is 303 g/mol. The van der Waals surface area contributed by atoms with Gasteiger partial charge in [-0.05, 0) is 12.1 Å². The zero-order valence-corrected chi connectivity index (χ0v) is 11.9. The average Bonchev–Trinajstić information content (AvgIpc) is 2.94. The van der Waals surface area contributed by atoms with Gasteiger partial charge in [0.1, 0.15) is 6.33 Å². The highest BCUT2D eigenvalue weighted by Gasteiger charge is 2.24. The monoisotopic (exact) mass is 303 g/mol. The molecule has 1 N–H and O–H groups in total. The van der Waals surface area contributed by atoms with Crippen LogP contribution in [0, 0.1) is 10.1 Å². The normalized spacial score (nSPS) is 12.1. The second kappa shape index (κ2) is 5.35. The van der Waals surface area contributed by atoms with Crippen molar-refractivity contribution in [1.29, 1.82) is 0 Å². The number of rotatable bonds is 4. The molecule has 0 atom stereocenters. The van der Waals surface area contributed by atoms with Crippen molar-refractivity contribution < 1.29 is 14.4 Å². The Bertz CT molecular complexity index is 734. The SMILES string of the molecule is CN(C)c1ncnc(Nc2ccc3c(c2)OCO3)c1[N+](=O)[O-]. The maximum Gasteiger partial charge on any atom is 0.353 e. The van der Waals surface area contributed by atoms with Gasteiger partial charge in [-0.15, -0.1) is 0 Å². The Labute approximate surface area is 125 Å². The Morgan fingerprint density at radius 2 is 2.05 bits per heavy atom. The van der Waals surface area contributed by atoms with Gasteiger partial charge in [-0.1, -0.05) is 0 Å². The first-order valence-electron chi connectivity index (χ1n) is 6.39. The Morgan fingerprint density at radius 3 is 2.77 bits per heavy atom.